The number of fused-ring (bicyclic) bond motifs is 3. The first-order chi connectivity index (χ1) is 14.5. The molecule has 30 heavy (non-hydrogen) atoms. The number of hydrogen-bond donors (Lipinski definition) is 1. The highest BCUT2D eigenvalue weighted by Gasteiger charge is 2.17. The summed E-state index contributed by atoms with van der Waals surface area (Å²) >= 11 is 6.38. The maximum atomic E-state index is 12.1. The number of amides is 1. The highest BCUT2D eigenvalue weighted by atomic mass is 35.5. The first-order valence-electron chi connectivity index (χ1n) is 10.6. The van der Waals surface area contributed by atoms with Crippen molar-refractivity contribution in [2.24, 2.45) is 5.73 Å². The number of benzene rings is 3. The third kappa shape index (κ3) is 3.82. The van der Waals surface area contributed by atoms with Crippen LogP contribution in [0.3, 0.4) is 0 Å². The van der Waals surface area contributed by atoms with Crippen LogP contribution in [0.5, 0.6) is 0 Å². The van der Waals surface area contributed by atoms with Gasteiger partial charge in [0.2, 0.25) is 5.91 Å². The van der Waals surface area contributed by atoms with Gasteiger partial charge < -0.3 is 10.3 Å². The van der Waals surface area contributed by atoms with Gasteiger partial charge in [-0.15, -0.1) is 0 Å². The number of primary amides is 1. The van der Waals surface area contributed by atoms with Gasteiger partial charge in [0.05, 0.1) is 5.52 Å². The van der Waals surface area contributed by atoms with Crippen LogP contribution in [0, 0.1) is 6.92 Å². The third-order valence-electron chi connectivity index (χ3n) is 5.87. The Morgan fingerprint density at radius 3 is 2.53 bits per heavy atom. The zero-order valence-electron chi connectivity index (χ0n) is 17.5. The predicted octanol–water partition coefficient (Wildman–Crippen LogP) is 6.64. The number of nitrogens with two attached hydrogens (primary N) is 1. The molecule has 0 bridgehead atoms. The van der Waals surface area contributed by atoms with E-state index in [1.165, 1.54) is 24.8 Å². The fourth-order valence-electron chi connectivity index (χ4n) is 4.22. The van der Waals surface area contributed by atoms with Gasteiger partial charge in [-0.3, -0.25) is 4.79 Å². The standard InChI is InChI=1S/C26H27ClN2O/c1-3-4-5-7-18-12-13-20-24(15-18)29(16-19-11-10-17(2)22(27)14-19)23-9-6-8-21(25(20)23)26(28)30/h6,8-15H,3-5,7,16H2,1-2H3,(H2,28,30). The average molecular weight is 419 g/mol. The molecule has 154 valence electrons. The number of halogens is 1. The predicted molar refractivity (Wildman–Crippen MR) is 126 cm³/mol. The van der Waals surface area contributed by atoms with Crippen molar-refractivity contribution in [3.8, 4) is 0 Å². The lowest BCUT2D eigenvalue weighted by Crippen LogP contribution is -2.11. The second-order valence-corrected chi connectivity index (χ2v) is 8.45. The Bertz CT molecular complexity index is 1240. The van der Waals surface area contributed by atoms with E-state index in [2.05, 4.69) is 47.9 Å². The molecule has 0 aliphatic heterocycles. The van der Waals surface area contributed by atoms with Gasteiger partial charge in [-0.05, 0) is 60.7 Å². The minimum absolute atomic E-state index is 0.398. The zero-order chi connectivity index (χ0) is 21.3. The van der Waals surface area contributed by atoms with E-state index >= 15 is 0 Å². The molecular weight excluding hydrogens is 392 g/mol. The molecule has 3 nitrogen and oxygen atoms in total. The molecule has 0 saturated carbocycles. The molecule has 0 atom stereocenters. The number of carbonyl (C=O) groups excluding carboxylic acids is 1. The lowest BCUT2D eigenvalue weighted by Gasteiger charge is -2.10. The smallest absolute Gasteiger partial charge is 0.249 e. The van der Waals surface area contributed by atoms with Crippen LogP contribution in [0.4, 0.5) is 0 Å². The summed E-state index contributed by atoms with van der Waals surface area (Å²) in [4.78, 5) is 12.1. The molecule has 0 radical (unpaired) electrons. The van der Waals surface area contributed by atoms with Gasteiger partial charge in [0, 0.05) is 33.4 Å². The lowest BCUT2D eigenvalue weighted by molar-refractivity contribution is 0.100. The van der Waals surface area contributed by atoms with Gasteiger partial charge in [0.1, 0.15) is 0 Å². The summed E-state index contributed by atoms with van der Waals surface area (Å²) in [7, 11) is 0. The van der Waals surface area contributed by atoms with E-state index in [0.717, 1.165) is 44.4 Å². The number of nitrogens with zero attached hydrogens (tertiary/aromatic N) is 1. The minimum atomic E-state index is -0.398. The molecule has 4 heteroatoms. The molecule has 0 aliphatic rings. The molecule has 4 rings (SSSR count). The Morgan fingerprint density at radius 1 is 1.00 bits per heavy atom. The molecule has 1 amide bonds. The highest BCUT2D eigenvalue weighted by molar-refractivity contribution is 6.31. The van der Waals surface area contributed by atoms with Crippen molar-refractivity contribution in [2.45, 2.75) is 46.1 Å². The second-order valence-electron chi connectivity index (χ2n) is 8.04. The maximum Gasteiger partial charge on any atom is 0.249 e. The van der Waals surface area contributed by atoms with E-state index < -0.39 is 5.91 Å². The van der Waals surface area contributed by atoms with Gasteiger partial charge >= 0.3 is 0 Å². The summed E-state index contributed by atoms with van der Waals surface area (Å²) in [5, 5.41) is 2.77. The second kappa shape index (κ2) is 8.53. The summed E-state index contributed by atoms with van der Waals surface area (Å²) in [6.07, 6.45) is 4.68. The Morgan fingerprint density at radius 2 is 1.80 bits per heavy atom. The summed E-state index contributed by atoms with van der Waals surface area (Å²) in [6, 6.07) is 18.6. The number of aryl methyl sites for hydroxylation is 2. The largest absolute Gasteiger partial charge is 0.366 e. The molecule has 0 saturated heterocycles. The molecule has 0 spiro atoms. The summed E-state index contributed by atoms with van der Waals surface area (Å²) in [5.74, 6) is -0.398. The van der Waals surface area contributed by atoms with E-state index in [1.54, 1.807) is 0 Å². The Labute approximate surface area is 182 Å². The number of aromatic nitrogens is 1. The Hall–Kier alpha value is -2.78. The van der Waals surface area contributed by atoms with E-state index in [4.69, 9.17) is 17.3 Å². The van der Waals surface area contributed by atoms with Crippen molar-refractivity contribution >= 4 is 39.3 Å². The first kappa shape index (κ1) is 20.5. The van der Waals surface area contributed by atoms with Gasteiger partial charge in [0.15, 0.2) is 0 Å². The minimum Gasteiger partial charge on any atom is -0.366 e. The van der Waals surface area contributed by atoms with Crippen molar-refractivity contribution in [1.29, 1.82) is 0 Å². The van der Waals surface area contributed by atoms with Crippen LogP contribution in [0.1, 0.15) is 53.2 Å². The van der Waals surface area contributed by atoms with Crippen molar-refractivity contribution in [2.75, 3.05) is 0 Å². The molecule has 0 fully saturated rings. The average Bonchev–Trinajstić information content (AvgIpc) is 3.04. The van der Waals surface area contributed by atoms with Crippen LogP contribution >= 0.6 is 11.6 Å². The number of hydrogen-bond acceptors (Lipinski definition) is 1. The molecule has 1 aromatic heterocycles. The SMILES string of the molecule is CCCCCc1ccc2c3c(C(N)=O)cccc3n(Cc3ccc(C)c(Cl)c3)c2c1. The molecule has 0 aliphatic carbocycles. The Balaban J connectivity index is 1.91. The van der Waals surface area contributed by atoms with Crippen LogP contribution in [-0.4, -0.2) is 10.5 Å². The molecule has 4 aromatic rings. The zero-order valence-corrected chi connectivity index (χ0v) is 18.3. The molecular formula is C26H27ClN2O. The Kier molecular flexibility index (Phi) is 5.83. The molecule has 3 aromatic carbocycles. The van der Waals surface area contributed by atoms with E-state index in [-0.39, 0.29) is 0 Å². The molecule has 1 heterocycles. The van der Waals surface area contributed by atoms with Crippen molar-refractivity contribution < 1.29 is 4.79 Å². The van der Waals surface area contributed by atoms with Gasteiger partial charge in [0.25, 0.3) is 0 Å². The van der Waals surface area contributed by atoms with Gasteiger partial charge in [-0.1, -0.05) is 61.7 Å². The van der Waals surface area contributed by atoms with Gasteiger partial charge in [-0.2, -0.15) is 0 Å². The topological polar surface area (TPSA) is 48.0 Å². The maximum absolute atomic E-state index is 12.1. The van der Waals surface area contributed by atoms with Crippen LogP contribution in [0.25, 0.3) is 21.8 Å². The van der Waals surface area contributed by atoms with E-state index in [9.17, 15) is 4.79 Å². The quantitative estimate of drug-likeness (QED) is 0.336. The monoisotopic (exact) mass is 418 g/mol. The van der Waals surface area contributed by atoms with Crippen LogP contribution < -0.4 is 5.73 Å². The summed E-state index contributed by atoms with van der Waals surface area (Å²) < 4.78 is 2.28. The van der Waals surface area contributed by atoms with Crippen molar-refractivity contribution in [1.82, 2.24) is 4.57 Å². The summed E-state index contributed by atoms with van der Waals surface area (Å²) in [6.45, 7) is 4.91. The van der Waals surface area contributed by atoms with Crippen LogP contribution in [0.15, 0.2) is 54.6 Å². The van der Waals surface area contributed by atoms with Crippen LogP contribution in [-0.2, 0) is 13.0 Å². The summed E-state index contributed by atoms with van der Waals surface area (Å²) in [5.41, 5.74) is 11.9. The van der Waals surface area contributed by atoms with Gasteiger partial charge in [-0.25, -0.2) is 0 Å². The number of carbonyl (C=O) groups is 1. The fraction of sp³-hybridized carbons (Fsp3) is 0.269. The normalized spacial score (nSPS) is 11.4. The number of unbranched alkanes of at least 4 members (excludes halogenated alkanes) is 2. The van der Waals surface area contributed by atoms with Crippen LogP contribution in [0.2, 0.25) is 5.02 Å². The van der Waals surface area contributed by atoms with E-state index in [1.807, 2.05) is 25.1 Å². The van der Waals surface area contributed by atoms with Crippen molar-refractivity contribution in [3.05, 3.63) is 81.9 Å². The fourth-order valence-corrected chi connectivity index (χ4v) is 4.42. The lowest BCUT2D eigenvalue weighted by atomic mass is 10.0. The van der Waals surface area contributed by atoms with Crippen molar-refractivity contribution in [3.63, 3.8) is 0 Å². The number of rotatable bonds is 7. The van der Waals surface area contributed by atoms with E-state index in [0.29, 0.717) is 12.1 Å². The third-order valence-corrected chi connectivity index (χ3v) is 6.27. The first-order valence-corrected chi connectivity index (χ1v) is 11.0. The molecule has 0 unspecified atom stereocenters. The molecule has 2 N–H and O–H groups in total. The highest BCUT2D eigenvalue weighted by Crippen LogP contribution is 2.33.